The predicted molar refractivity (Wildman–Crippen MR) is 107 cm³/mol. The van der Waals surface area contributed by atoms with Crippen molar-refractivity contribution in [2.24, 2.45) is 5.41 Å². The summed E-state index contributed by atoms with van der Waals surface area (Å²) in [4.78, 5) is 20.6. The standard InChI is InChI=1S/C21H26N6O/c1-15(2)27-14-24-18-10-23-17(9-19(18)27)8-16-4-6-22-20(25-16)26-11-21(12-26)5-3-7-28-13-21/h4,6,9-10,14-15H,3,5,7-8,11-13H2,1-2H3. The molecule has 0 N–H and O–H groups in total. The Labute approximate surface area is 164 Å². The molecule has 7 nitrogen and oxygen atoms in total. The van der Waals surface area contributed by atoms with E-state index < -0.39 is 0 Å². The van der Waals surface area contributed by atoms with Gasteiger partial charge in [0.2, 0.25) is 5.95 Å². The molecule has 2 saturated heterocycles. The van der Waals surface area contributed by atoms with Crippen molar-refractivity contribution in [2.75, 3.05) is 31.2 Å². The van der Waals surface area contributed by atoms with Crippen LogP contribution in [0.15, 0.2) is 30.9 Å². The van der Waals surface area contributed by atoms with Gasteiger partial charge in [-0.3, -0.25) is 4.98 Å². The van der Waals surface area contributed by atoms with Crippen LogP contribution in [0.25, 0.3) is 11.0 Å². The maximum Gasteiger partial charge on any atom is 0.225 e. The van der Waals surface area contributed by atoms with Gasteiger partial charge in [-0.25, -0.2) is 15.0 Å². The van der Waals surface area contributed by atoms with E-state index in [4.69, 9.17) is 9.72 Å². The lowest BCUT2D eigenvalue weighted by Gasteiger charge is -2.51. The van der Waals surface area contributed by atoms with Gasteiger partial charge < -0.3 is 14.2 Å². The molecule has 2 aliphatic rings. The molecular formula is C21H26N6O. The van der Waals surface area contributed by atoms with Crippen molar-refractivity contribution >= 4 is 17.0 Å². The molecule has 5 heterocycles. The summed E-state index contributed by atoms with van der Waals surface area (Å²) in [6.07, 6.45) is 8.70. The zero-order valence-electron chi connectivity index (χ0n) is 16.5. The Hall–Kier alpha value is -2.54. The van der Waals surface area contributed by atoms with E-state index >= 15 is 0 Å². The SMILES string of the molecule is CC(C)n1cnc2cnc(Cc3ccnc(N4CC5(CCCOC5)C4)n3)cc21. The number of aromatic nitrogens is 5. The monoisotopic (exact) mass is 378 g/mol. The fraction of sp³-hybridized carbons (Fsp3) is 0.524. The minimum atomic E-state index is 0.319. The van der Waals surface area contributed by atoms with Gasteiger partial charge in [-0.1, -0.05) is 0 Å². The smallest absolute Gasteiger partial charge is 0.225 e. The molecule has 146 valence electrons. The number of anilines is 1. The Bertz CT molecular complexity index is 983. The second kappa shape index (κ2) is 6.81. The maximum atomic E-state index is 5.69. The molecule has 0 bridgehead atoms. The minimum Gasteiger partial charge on any atom is -0.381 e. The number of nitrogens with zero attached hydrogens (tertiary/aromatic N) is 6. The van der Waals surface area contributed by atoms with Crippen molar-refractivity contribution in [2.45, 2.75) is 39.2 Å². The Balaban J connectivity index is 1.33. The van der Waals surface area contributed by atoms with Crippen molar-refractivity contribution in [3.05, 3.63) is 42.2 Å². The third-order valence-electron chi connectivity index (χ3n) is 5.88. The van der Waals surface area contributed by atoms with E-state index in [1.54, 1.807) is 0 Å². The van der Waals surface area contributed by atoms with Crippen molar-refractivity contribution < 1.29 is 4.74 Å². The summed E-state index contributed by atoms with van der Waals surface area (Å²) >= 11 is 0. The Kier molecular flexibility index (Phi) is 4.27. The molecule has 0 atom stereocenters. The quantitative estimate of drug-likeness (QED) is 0.695. The van der Waals surface area contributed by atoms with Gasteiger partial charge in [0, 0.05) is 49.5 Å². The maximum absolute atomic E-state index is 5.69. The molecule has 0 amide bonds. The summed E-state index contributed by atoms with van der Waals surface area (Å²) in [5.41, 5.74) is 4.37. The van der Waals surface area contributed by atoms with E-state index in [0.717, 1.165) is 61.1 Å². The average molecular weight is 378 g/mol. The summed E-state index contributed by atoms with van der Waals surface area (Å²) in [6.45, 7) is 8.09. The summed E-state index contributed by atoms with van der Waals surface area (Å²) in [7, 11) is 0. The zero-order chi connectivity index (χ0) is 19.1. The molecule has 5 rings (SSSR count). The number of rotatable bonds is 4. The third-order valence-corrected chi connectivity index (χ3v) is 5.88. The van der Waals surface area contributed by atoms with E-state index in [-0.39, 0.29) is 0 Å². The van der Waals surface area contributed by atoms with Crippen LogP contribution in [0.5, 0.6) is 0 Å². The number of imidazole rings is 1. The van der Waals surface area contributed by atoms with Crippen LogP contribution in [0.3, 0.4) is 0 Å². The van der Waals surface area contributed by atoms with Crippen LogP contribution in [0.4, 0.5) is 5.95 Å². The van der Waals surface area contributed by atoms with Crippen LogP contribution in [0.1, 0.15) is 44.1 Å². The summed E-state index contributed by atoms with van der Waals surface area (Å²) in [5.74, 6) is 0.821. The van der Waals surface area contributed by atoms with Crippen LogP contribution in [0, 0.1) is 5.41 Å². The van der Waals surface area contributed by atoms with Crippen molar-refractivity contribution in [3.63, 3.8) is 0 Å². The van der Waals surface area contributed by atoms with Gasteiger partial charge >= 0.3 is 0 Å². The topological polar surface area (TPSA) is 69.0 Å². The fourth-order valence-electron chi connectivity index (χ4n) is 4.37. The second-order valence-corrected chi connectivity index (χ2v) is 8.45. The number of hydrogen-bond donors (Lipinski definition) is 0. The first-order valence-corrected chi connectivity index (χ1v) is 10.1. The molecule has 0 saturated carbocycles. The lowest BCUT2D eigenvalue weighted by molar-refractivity contribution is -0.0240. The summed E-state index contributed by atoms with van der Waals surface area (Å²) in [5, 5.41) is 0. The van der Waals surface area contributed by atoms with Crippen molar-refractivity contribution in [1.29, 1.82) is 0 Å². The Morgan fingerprint density at radius 3 is 2.86 bits per heavy atom. The van der Waals surface area contributed by atoms with E-state index in [9.17, 15) is 0 Å². The molecule has 3 aromatic rings. The highest BCUT2D eigenvalue weighted by atomic mass is 16.5. The van der Waals surface area contributed by atoms with E-state index in [0.29, 0.717) is 17.9 Å². The van der Waals surface area contributed by atoms with Gasteiger partial charge in [-0.05, 0) is 38.8 Å². The molecule has 3 aromatic heterocycles. The van der Waals surface area contributed by atoms with E-state index in [2.05, 4.69) is 44.3 Å². The van der Waals surface area contributed by atoms with Crippen LogP contribution in [-0.4, -0.2) is 50.8 Å². The molecular weight excluding hydrogens is 352 g/mol. The number of ether oxygens (including phenoxy) is 1. The molecule has 1 spiro atoms. The zero-order valence-corrected chi connectivity index (χ0v) is 16.5. The molecule has 0 radical (unpaired) electrons. The number of pyridine rings is 1. The molecule has 28 heavy (non-hydrogen) atoms. The van der Waals surface area contributed by atoms with Gasteiger partial charge in [0.15, 0.2) is 0 Å². The highest BCUT2D eigenvalue weighted by Gasteiger charge is 2.45. The third kappa shape index (κ3) is 3.13. The Morgan fingerprint density at radius 1 is 1.18 bits per heavy atom. The predicted octanol–water partition coefficient (Wildman–Crippen LogP) is 3.01. The minimum absolute atomic E-state index is 0.319. The van der Waals surface area contributed by atoms with Gasteiger partial charge in [0.25, 0.3) is 0 Å². The molecule has 7 heteroatoms. The van der Waals surface area contributed by atoms with E-state index in [1.807, 2.05) is 24.8 Å². The van der Waals surface area contributed by atoms with Gasteiger partial charge in [0.05, 0.1) is 30.3 Å². The fourth-order valence-corrected chi connectivity index (χ4v) is 4.37. The lowest BCUT2D eigenvalue weighted by Crippen LogP contribution is -2.60. The molecule has 0 unspecified atom stereocenters. The molecule has 0 aromatic carbocycles. The first-order valence-electron chi connectivity index (χ1n) is 10.1. The van der Waals surface area contributed by atoms with Crippen LogP contribution < -0.4 is 4.90 Å². The normalized spacial score (nSPS) is 18.8. The summed E-state index contributed by atoms with van der Waals surface area (Å²) < 4.78 is 7.86. The number of fused-ring (bicyclic) bond motifs is 1. The highest BCUT2D eigenvalue weighted by Crippen LogP contribution is 2.39. The van der Waals surface area contributed by atoms with Crippen molar-refractivity contribution in [1.82, 2.24) is 24.5 Å². The second-order valence-electron chi connectivity index (χ2n) is 8.45. The molecule has 2 aliphatic heterocycles. The highest BCUT2D eigenvalue weighted by molar-refractivity contribution is 5.74. The Morgan fingerprint density at radius 2 is 2.07 bits per heavy atom. The first-order chi connectivity index (χ1) is 13.6. The van der Waals surface area contributed by atoms with E-state index in [1.165, 1.54) is 6.42 Å². The van der Waals surface area contributed by atoms with Gasteiger partial charge in [-0.15, -0.1) is 0 Å². The number of hydrogen-bond acceptors (Lipinski definition) is 6. The lowest BCUT2D eigenvalue weighted by atomic mass is 9.76. The molecule has 0 aliphatic carbocycles. The van der Waals surface area contributed by atoms with Gasteiger partial charge in [0.1, 0.15) is 5.52 Å². The van der Waals surface area contributed by atoms with Crippen LogP contribution in [-0.2, 0) is 11.2 Å². The average Bonchev–Trinajstić information content (AvgIpc) is 3.10. The van der Waals surface area contributed by atoms with Crippen LogP contribution in [0.2, 0.25) is 0 Å². The largest absolute Gasteiger partial charge is 0.381 e. The first kappa shape index (κ1) is 17.6. The van der Waals surface area contributed by atoms with Crippen LogP contribution >= 0.6 is 0 Å². The summed E-state index contributed by atoms with van der Waals surface area (Å²) in [6, 6.07) is 4.48. The van der Waals surface area contributed by atoms with Crippen molar-refractivity contribution in [3.8, 4) is 0 Å². The van der Waals surface area contributed by atoms with Gasteiger partial charge in [-0.2, -0.15) is 0 Å². The molecule has 2 fully saturated rings.